The third-order valence-electron chi connectivity index (χ3n) is 3.70. The molecule has 1 aliphatic rings. The standard InChI is InChI=1S/C14H22BrN3O2/c1-4-10-11(15)12(16-5-2)18-13(17-10)14(19-3)6-8-20-9-7-14/h4-9H2,1-3H3,(H,16,17,18). The van der Waals surface area contributed by atoms with Gasteiger partial charge in [0.05, 0.1) is 10.2 Å². The van der Waals surface area contributed by atoms with E-state index < -0.39 is 5.60 Å². The van der Waals surface area contributed by atoms with Gasteiger partial charge in [0.15, 0.2) is 5.82 Å². The zero-order chi connectivity index (χ0) is 14.6. The highest BCUT2D eigenvalue weighted by atomic mass is 79.9. The smallest absolute Gasteiger partial charge is 0.163 e. The molecule has 1 saturated heterocycles. The first-order valence-corrected chi connectivity index (χ1v) is 7.89. The van der Waals surface area contributed by atoms with E-state index in [4.69, 9.17) is 14.5 Å². The molecule has 0 aliphatic carbocycles. The molecule has 1 aromatic rings. The van der Waals surface area contributed by atoms with Gasteiger partial charge in [-0.3, -0.25) is 0 Å². The molecule has 0 unspecified atom stereocenters. The Kier molecular flexibility index (Phi) is 5.35. The van der Waals surface area contributed by atoms with Crippen molar-refractivity contribution in [2.24, 2.45) is 0 Å². The van der Waals surface area contributed by atoms with E-state index in [1.807, 2.05) is 0 Å². The lowest BCUT2D eigenvalue weighted by Crippen LogP contribution is -2.37. The fraction of sp³-hybridized carbons (Fsp3) is 0.714. The quantitative estimate of drug-likeness (QED) is 0.890. The molecule has 1 aliphatic heterocycles. The van der Waals surface area contributed by atoms with Gasteiger partial charge in [-0.05, 0) is 29.3 Å². The number of nitrogens with zero attached hydrogens (tertiary/aromatic N) is 2. The minimum absolute atomic E-state index is 0.424. The predicted octanol–water partition coefficient (Wildman–Crippen LogP) is 2.89. The first-order valence-electron chi connectivity index (χ1n) is 7.10. The maximum Gasteiger partial charge on any atom is 0.163 e. The highest BCUT2D eigenvalue weighted by Crippen LogP contribution is 2.36. The van der Waals surface area contributed by atoms with Gasteiger partial charge in [0.2, 0.25) is 0 Å². The summed E-state index contributed by atoms with van der Waals surface area (Å²) in [6.45, 7) is 6.34. The number of hydrogen-bond donors (Lipinski definition) is 1. The Morgan fingerprint density at radius 1 is 1.30 bits per heavy atom. The zero-order valence-corrected chi connectivity index (χ0v) is 13.9. The summed E-state index contributed by atoms with van der Waals surface area (Å²) in [6.07, 6.45) is 2.44. The highest BCUT2D eigenvalue weighted by Gasteiger charge is 2.38. The van der Waals surface area contributed by atoms with Crippen LogP contribution in [0.25, 0.3) is 0 Å². The molecule has 5 nitrogen and oxygen atoms in total. The number of nitrogens with one attached hydrogen (secondary N) is 1. The van der Waals surface area contributed by atoms with Crippen molar-refractivity contribution in [3.05, 3.63) is 16.0 Å². The van der Waals surface area contributed by atoms with Gasteiger partial charge in [-0.15, -0.1) is 0 Å². The summed E-state index contributed by atoms with van der Waals surface area (Å²) in [7, 11) is 1.73. The van der Waals surface area contributed by atoms with Gasteiger partial charge in [0, 0.05) is 39.7 Å². The van der Waals surface area contributed by atoms with Gasteiger partial charge in [-0.25, -0.2) is 9.97 Å². The molecule has 0 amide bonds. The Morgan fingerprint density at radius 2 is 2.00 bits per heavy atom. The van der Waals surface area contributed by atoms with Crippen LogP contribution in [-0.2, 0) is 21.5 Å². The van der Waals surface area contributed by atoms with Crippen LogP contribution in [-0.4, -0.2) is 36.8 Å². The van der Waals surface area contributed by atoms with Crippen LogP contribution in [0.3, 0.4) is 0 Å². The van der Waals surface area contributed by atoms with E-state index in [2.05, 4.69) is 40.1 Å². The minimum Gasteiger partial charge on any atom is -0.381 e. The van der Waals surface area contributed by atoms with Gasteiger partial charge < -0.3 is 14.8 Å². The summed E-state index contributed by atoms with van der Waals surface area (Å²) in [4.78, 5) is 9.41. The van der Waals surface area contributed by atoms with E-state index in [0.717, 1.165) is 47.6 Å². The van der Waals surface area contributed by atoms with Gasteiger partial charge in [-0.2, -0.15) is 0 Å². The van der Waals surface area contributed by atoms with Crippen LogP contribution >= 0.6 is 15.9 Å². The van der Waals surface area contributed by atoms with E-state index >= 15 is 0 Å². The van der Waals surface area contributed by atoms with E-state index in [1.165, 1.54) is 0 Å². The van der Waals surface area contributed by atoms with Crippen molar-refractivity contribution in [3.8, 4) is 0 Å². The molecular formula is C14H22BrN3O2. The molecule has 0 aromatic carbocycles. The lowest BCUT2D eigenvalue weighted by Gasteiger charge is -2.34. The molecule has 2 rings (SSSR count). The Labute approximate surface area is 128 Å². The second-order valence-corrected chi connectivity index (χ2v) is 5.64. The maximum atomic E-state index is 5.79. The molecule has 0 spiro atoms. The first kappa shape index (κ1) is 15.7. The molecule has 1 fully saturated rings. The molecule has 0 bridgehead atoms. The van der Waals surface area contributed by atoms with Crippen molar-refractivity contribution in [1.82, 2.24) is 9.97 Å². The Bertz CT molecular complexity index is 462. The largest absolute Gasteiger partial charge is 0.381 e. The summed E-state index contributed by atoms with van der Waals surface area (Å²) >= 11 is 3.59. The van der Waals surface area contributed by atoms with Gasteiger partial charge in [0.1, 0.15) is 11.4 Å². The zero-order valence-electron chi connectivity index (χ0n) is 12.3. The third kappa shape index (κ3) is 2.97. The predicted molar refractivity (Wildman–Crippen MR) is 82.0 cm³/mol. The van der Waals surface area contributed by atoms with Gasteiger partial charge in [-0.1, -0.05) is 6.92 Å². The van der Waals surface area contributed by atoms with Crippen molar-refractivity contribution >= 4 is 21.7 Å². The monoisotopic (exact) mass is 343 g/mol. The van der Waals surface area contributed by atoms with Crippen molar-refractivity contribution in [3.63, 3.8) is 0 Å². The molecule has 0 saturated carbocycles. The number of aromatic nitrogens is 2. The average Bonchev–Trinajstić information content (AvgIpc) is 2.50. The number of halogens is 1. The molecule has 1 aromatic heterocycles. The number of methoxy groups -OCH3 is 1. The van der Waals surface area contributed by atoms with Crippen molar-refractivity contribution < 1.29 is 9.47 Å². The maximum absolute atomic E-state index is 5.79. The fourth-order valence-electron chi connectivity index (χ4n) is 2.44. The van der Waals surface area contributed by atoms with E-state index in [9.17, 15) is 0 Å². The van der Waals surface area contributed by atoms with Gasteiger partial charge in [0.25, 0.3) is 0 Å². The van der Waals surface area contributed by atoms with Crippen LogP contribution < -0.4 is 5.32 Å². The van der Waals surface area contributed by atoms with Crippen LogP contribution in [0.5, 0.6) is 0 Å². The Morgan fingerprint density at radius 3 is 2.55 bits per heavy atom. The van der Waals surface area contributed by atoms with E-state index in [-0.39, 0.29) is 0 Å². The normalized spacial score (nSPS) is 18.0. The number of anilines is 1. The Hall–Kier alpha value is -0.720. The highest BCUT2D eigenvalue weighted by molar-refractivity contribution is 9.10. The summed E-state index contributed by atoms with van der Waals surface area (Å²) in [5.41, 5.74) is 0.585. The van der Waals surface area contributed by atoms with Crippen LogP contribution in [0.4, 0.5) is 5.82 Å². The Balaban J connectivity index is 2.46. The molecule has 0 atom stereocenters. The van der Waals surface area contributed by atoms with Crippen LogP contribution in [0, 0.1) is 0 Å². The lowest BCUT2D eigenvalue weighted by atomic mass is 9.93. The third-order valence-corrected chi connectivity index (χ3v) is 4.53. The van der Waals surface area contributed by atoms with E-state index in [0.29, 0.717) is 13.2 Å². The second-order valence-electron chi connectivity index (χ2n) is 4.85. The number of aryl methyl sites for hydroxylation is 1. The SMILES string of the molecule is CCNc1nc(C2(OC)CCOCC2)nc(CC)c1Br. The molecule has 20 heavy (non-hydrogen) atoms. The number of ether oxygens (including phenoxy) is 2. The topological polar surface area (TPSA) is 56.3 Å². The summed E-state index contributed by atoms with van der Waals surface area (Å²) in [5, 5.41) is 3.29. The summed E-state index contributed by atoms with van der Waals surface area (Å²) in [5.74, 6) is 1.61. The summed E-state index contributed by atoms with van der Waals surface area (Å²) in [6, 6.07) is 0. The molecule has 2 heterocycles. The number of rotatable bonds is 5. The molecule has 6 heteroatoms. The minimum atomic E-state index is -0.424. The molecule has 0 radical (unpaired) electrons. The first-order chi connectivity index (χ1) is 9.66. The summed E-state index contributed by atoms with van der Waals surface area (Å²) < 4.78 is 12.2. The van der Waals surface area contributed by atoms with Crippen LogP contribution in [0.15, 0.2) is 4.47 Å². The molecular weight excluding hydrogens is 322 g/mol. The van der Waals surface area contributed by atoms with Crippen LogP contribution in [0.1, 0.15) is 38.2 Å². The molecule has 1 N–H and O–H groups in total. The van der Waals surface area contributed by atoms with Crippen LogP contribution in [0.2, 0.25) is 0 Å². The van der Waals surface area contributed by atoms with Crippen molar-refractivity contribution in [1.29, 1.82) is 0 Å². The van der Waals surface area contributed by atoms with Crippen molar-refractivity contribution in [2.45, 2.75) is 38.7 Å². The average molecular weight is 344 g/mol. The molecule has 112 valence electrons. The van der Waals surface area contributed by atoms with Crippen molar-refractivity contribution in [2.75, 3.05) is 32.2 Å². The van der Waals surface area contributed by atoms with Gasteiger partial charge >= 0.3 is 0 Å². The number of hydrogen-bond acceptors (Lipinski definition) is 5. The van der Waals surface area contributed by atoms with E-state index in [1.54, 1.807) is 7.11 Å². The fourth-order valence-corrected chi connectivity index (χ4v) is 3.03. The lowest BCUT2D eigenvalue weighted by molar-refractivity contribution is -0.1000. The second kappa shape index (κ2) is 6.83.